The first-order valence-electron chi connectivity index (χ1n) is 11.2. The number of aromatic nitrogens is 2. The van der Waals surface area contributed by atoms with Crippen molar-refractivity contribution in [2.75, 3.05) is 6.61 Å². The second-order valence-corrected chi connectivity index (χ2v) is 10.9. The Morgan fingerprint density at radius 3 is 2.43 bits per heavy atom. The molecule has 0 amide bonds. The molecule has 0 aliphatic carbocycles. The van der Waals surface area contributed by atoms with Crippen molar-refractivity contribution >= 4 is 50.7 Å². The Balaban J connectivity index is 2.03. The Bertz CT molecular complexity index is 1380. The lowest BCUT2D eigenvalue weighted by atomic mass is 9.91. The van der Waals surface area contributed by atoms with E-state index in [9.17, 15) is 4.79 Å². The fraction of sp³-hybridized carbons (Fsp3) is 0.296. The van der Waals surface area contributed by atoms with E-state index in [2.05, 4.69) is 4.98 Å². The van der Waals surface area contributed by atoms with Crippen molar-refractivity contribution in [3.05, 3.63) is 70.0 Å². The number of carbonyl (C=O) groups excluding carboxylic acids is 1. The second-order valence-electron chi connectivity index (χ2n) is 9.09. The van der Waals surface area contributed by atoms with Crippen molar-refractivity contribution in [1.29, 1.82) is 0 Å². The first kappa shape index (κ1) is 25.6. The summed E-state index contributed by atoms with van der Waals surface area (Å²) in [5.74, 6) is -0.425. The summed E-state index contributed by atoms with van der Waals surface area (Å²) < 4.78 is 12.7. The van der Waals surface area contributed by atoms with Gasteiger partial charge in [-0.25, -0.2) is 14.8 Å². The standard InChI is InChI=1S/C27H26Cl2N2O3S/c1-6-33-26(32)23(34-27(3,4)5)21-15(2)13-19-24(22(21)16-7-9-18(28)10-8-16)35-25(31-19)17-11-12-30-20(29)14-17/h7-14,23H,6H2,1-5H3/t23-/m1/s1. The molecule has 4 rings (SSSR count). The molecular formula is C27H26Cl2N2O3S. The average molecular weight is 529 g/mol. The Morgan fingerprint density at radius 2 is 1.80 bits per heavy atom. The largest absolute Gasteiger partial charge is 0.464 e. The number of aryl methyl sites for hydroxylation is 1. The maximum atomic E-state index is 13.2. The lowest BCUT2D eigenvalue weighted by Gasteiger charge is -2.29. The lowest BCUT2D eigenvalue weighted by Crippen LogP contribution is -2.29. The van der Waals surface area contributed by atoms with E-state index < -0.39 is 17.7 Å². The Kier molecular flexibility index (Phi) is 7.48. The minimum Gasteiger partial charge on any atom is -0.464 e. The highest BCUT2D eigenvalue weighted by atomic mass is 35.5. The average Bonchev–Trinajstić information content (AvgIpc) is 3.20. The minimum absolute atomic E-state index is 0.258. The van der Waals surface area contributed by atoms with Gasteiger partial charge >= 0.3 is 5.97 Å². The Labute approximate surface area is 219 Å². The number of benzene rings is 2. The number of hydrogen-bond donors (Lipinski definition) is 0. The topological polar surface area (TPSA) is 61.3 Å². The Morgan fingerprint density at radius 1 is 1.09 bits per heavy atom. The smallest absolute Gasteiger partial charge is 0.339 e. The molecule has 0 fully saturated rings. The van der Waals surface area contributed by atoms with Crippen LogP contribution in [-0.4, -0.2) is 28.1 Å². The molecule has 0 saturated heterocycles. The van der Waals surface area contributed by atoms with Crippen LogP contribution in [0.15, 0.2) is 48.7 Å². The van der Waals surface area contributed by atoms with Crippen molar-refractivity contribution in [2.45, 2.75) is 46.3 Å². The van der Waals surface area contributed by atoms with Gasteiger partial charge in [0.15, 0.2) is 6.10 Å². The van der Waals surface area contributed by atoms with Crippen LogP contribution in [0.4, 0.5) is 0 Å². The molecule has 0 radical (unpaired) electrons. The van der Waals surface area contributed by atoms with E-state index in [-0.39, 0.29) is 6.61 Å². The third kappa shape index (κ3) is 5.67. The zero-order chi connectivity index (χ0) is 25.3. The number of hydrogen-bond acceptors (Lipinski definition) is 6. The number of nitrogens with zero attached hydrogens (tertiary/aromatic N) is 2. The van der Waals surface area contributed by atoms with E-state index in [1.54, 1.807) is 19.2 Å². The third-order valence-electron chi connectivity index (χ3n) is 5.27. The summed E-state index contributed by atoms with van der Waals surface area (Å²) in [7, 11) is 0. The van der Waals surface area contributed by atoms with Crippen LogP contribution in [0.1, 0.15) is 44.9 Å². The van der Waals surface area contributed by atoms with Crippen LogP contribution in [0.25, 0.3) is 31.9 Å². The summed E-state index contributed by atoms with van der Waals surface area (Å²) in [5.41, 5.74) is 4.55. The number of rotatable bonds is 6. The van der Waals surface area contributed by atoms with Gasteiger partial charge in [-0.2, -0.15) is 0 Å². The number of halogens is 2. The van der Waals surface area contributed by atoms with Gasteiger partial charge in [-0.15, -0.1) is 11.3 Å². The van der Waals surface area contributed by atoms with E-state index in [4.69, 9.17) is 37.7 Å². The molecule has 1 atom stereocenters. The number of carbonyl (C=O) groups is 1. The Hall–Kier alpha value is -2.51. The number of fused-ring (bicyclic) bond motifs is 1. The van der Waals surface area contributed by atoms with E-state index >= 15 is 0 Å². The molecule has 0 unspecified atom stereocenters. The molecule has 0 N–H and O–H groups in total. The predicted octanol–water partition coefficient (Wildman–Crippen LogP) is 8.06. The predicted molar refractivity (Wildman–Crippen MR) is 143 cm³/mol. The highest BCUT2D eigenvalue weighted by molar-refractivity contribution is 7.22. The monoisotopic (exact) mass is 528 g/mol. The van der Waals surface area contributed by atoms with Gasteiger partial charge < -0.3 is 9.47 Å². The fourth-order valence-corrected chi connectivity index (χ4v) is 5.33. The molecule has 5 nitrogen and oxygen atoms in total. The molecule has 4 aromatic rings. The minimum atomic E-state index is -0.911. The van der Waals surface area contributed by atoms with E-state index in [0.29, 0.717) is 10.2 Å². The summed E-state index contributed by atoms with van der Waals surface area (Å²) in [5, 5.41) is 1.83. The van der Waals surface area contributed by atoms with E-state index in [1.165, 1.54) is 11.3 Å². The highest BCUT2D eigenvalue weighted by Crippen LogP contribution is 2.44. The van der Waals surface area contributed by atoms with Crippen LogP contribution >= 0.6 is 34.5 Å². The maximum Gasteiger partial charge on any atom is 0.339 e. The quantitative estimate of drug-likeness (QED) is 0.187. The molecule has 2 aromatic carbocycles. The number of esters is 1. The van der Waals surface area contributed by atoms with Gasteiger partial charge in [-0.05, 0) is 76.1 Å². The van der Waals surface area contributed by atoms with Crippen LogP contribution in [-0.2, 0) is 14.3 Å². The normalized spacial score (nSPS) is 12.7. The molecule has 0 aliphatic rings. The van der Waals surface area contributed by atoms with Crippen LogP contribution in [0.2, 0.25) is 10.2 Å². The third-order valence-corrected chi connectivity index (χ3v) is 6.86. The van der Waals surface area contributed by atoms with E-state index in [0.717, 1.165) is 43.0 Å². The number of ether oxygens (including phenoxy) is 2. The van der Waals surface area contributed by atoms with Gasteiger partial charge in [-0.3, -0.25) is 0 Å². The van der Waals surface area contributed by atoms with Crippen LogP contribution in [0.3, 0.4) is 0 Å². The van der Waals surface area contributed by atoms with Gasteiger partial charge in [0, 0.05) is 27.9 Å². The van der Waals surface area contributed by atoms with Gasteiger partial charge in [-0.1, -0.05) is 35.3 Å². The fourth-order valence-electron chi connectivity index (χ4n) is 3.91. The first-order chi connectivity index (χ1) is 16.6. The van der Waals surface area contributed by atoms with Crippen molar-refractivity contribution in [1.82, 2.24) is 9.97 Å². The molecule has 2 heterocycles. The van der Waals surface area contributed by atoms with Gasteiger partial charge in [0.05, 0.1) is 22.4 Å². The van der Waals surface area contributed by atoms with Crippen molar-refractivity contribution in [2.24, 2.45) is 0 Å². The molecular weight excluding hydrogens is 503 g/mol. The second kappa shape index (κ2) is 10.2. The first-order valence-corrected chi connectivity index (χ1v) is 12.8. The molecule has 2 aromatic heterocycles. The summed E-state index contributed by atoms with van der Waals surface area (Å²) in [6, 6.07) is 13.2. The van der Waals surface area contributed by atoms with Crippen LogP contribution < -0.4 is 0 Å². The molecule has 8 heteroatoms. The summed E-state index contributed by atoms with van der Waals surface area (Å²) in [4.78, 5) is 22.2. The zero-order valence-corrected chi connectivity index (χ0v) is 22.5. The molecule has 0 aliphatic heterocycles. The van der Waals surface area contributed by atoms with Crippen molar-refractivity contribution < 1.29 is 14.3 Å². The van der Waals surface area contributed by atoms with Crippen LogP contribution in [0, 0.1) is 6.92 Å². The summed E-state index contributed by atoms with van der Waals surface area (Å²) >= 11 is 13.9. The van der Waals surface area contributed by atoms with Crippen molar-refractivity contribution in [3.8, 4) is 21.7 Å². The summed E-state index contributed by atoms with van der Waals surface area (Å²) in [6.45, 7) is 9.79. The molecule has 35 heavy (non-hydrogen) atoms. The maximum absolute atomic E-state index is 13.2. The molecule has 0 saturated carbocycles. The number of thiazole rings is 1. The molecule has 0 bridgehead atoms. The zero-order valence-electron chi connectivity index (χ0n) is 20.2. The van der Waals surface area contributed by atoms with E-state index in [1.807, 2.05) is 64.1 Å². The van der Waals surface area contributed by atoms with Crippen LogP contribution in [0.5, 0.6) is 0 Å². The van der Waals surface area contributed by atoms with Gasteiger partial charge in [0.25, 0.3) is 0 Å². The molecule has 0 spiro atoms. The number of pyridine rings is 1. The molecule has 182 valence electrons. The summed E-state index contributed by atoms with van der Waals surface area (Å²) in [6.07, 6.45) is 0.750. The van der Waals surface area contributed by atoms with Crippen molar-refractivity contribution in [3.63, 3.8) is 0 Å². The van der Waals surface area contributed by atoms with Gasteiger partial charge in [0.1, 0.15) is 10.2 Å². The van der Waals surface area contributed by atoms with Gasteiger partial charge in [0.2, 0.25) is 0 Å². The lowest BCUT2D eigenvalue weighted by molar-refractivity contribution is -0.166. The SMILES string of the molecule is CCOC(=O)[C@H](OC(C)(C)C)c1c(C)cc2nc(-c3ccnc(Cl)c3)sc2c1-c1ccc(Cl)cc1. The highest BCUT2D eigenvalue weighted by Gasteiger charge is 2.33.